The van der Waals surface area contributed by atoms with E-state index in [1.807, 2.05) is 0 Å². The number of rotatable bonds is 3. The van der Waals surface area contributed by atoms with Crippen LogP contribution in [0.1, 0.15) is 18.4 Å². The molecule has 0 radical (unpaired) electrons. The van der Waals surface area contributed by atoms with E-state index in [0.29, 0.717) is 0 Å². The highest BCUT2D eigenvalue weighted by atomic mass is 16.6. The second kappa shape index (κ2) is 3.81. The molecule has 0 saturated heterocycles. The third kappa shape index (κ3) is 1.66. The van der Waals surface area contributed by atoms with Gasteiger partial charge in [0.2, 0.25) is 0 Å². The van der Waals surface area contributed by atoms with Crippen molar-refractivity contribution in [2.75, 3.05) is 0 Å². The van der Waals surface area contributed by atoms with Crippen molar-refractivity contribution in [1.29, 1.82) is 0 Å². The lowest BCUT2D eigenvalue weighted by atomic mass is 9.62. The Hall–Kier alpha value is -1.95. The Labute approximate surface area is 96.7 Å². The molecule has 0 atom stereocenters. The van der Waals surface area contributed by atoms with Gasteiger partial charge in [-0.25, -0.2) is 0 Å². The number of nitrogens with zero attached hydrogens (tertiary/aromatic N) is 1. The summed E-state index contributed by atoms with van der Waals surface area (Å²) in [5, 5.41) is 29.4. The van der Waals surface area contributed by atoms with Crippen LogP contribution >= 0.6 is 0 Å². The van der Waals surface area contributed by atoms with Crippen molar-refractivity contribution in [1.82, 2.24) is 0 Å². The summed E-state index contributed by atoms with van der Waals surface area (Å²) < 4.78 is 0. The number of nitro benzene ring substituents is 1. The quantitative estimate of drug-likeness (QED) is 0.605. The van der Waals surface area contributed by atoms with E-state index in [1.54, 1.807) is 6.07 Å². The third-order valence-corrected chi connectivity index (χ3v) is 3.19. The van der Waals surface area contributed by atoms with Crippen LogP contribution in [0.2, 0.25) is 0 Å². The molecule has 6 nitrogen and oxygen atoms in total. The fraction of sp³-hybridized carbons (Fsp3) is 0.364. The summed E-state index contributed by atoms with van der Waals surface area (Å²) in [4.78, 5) is 21.6. The van der Waals surface area contributed by atoms with E-state index >= 15 is 0 Å². The van der Waals surface area contributed by atoms with Gasteiger partial charge in [0, 0.05) is 11.6 Å². The number of carboxylic acids is 1. The average molecular weight is 237 g/mol. The molecule has 90 valence electrons. The normalized spacial score (nSPS) is 27.2. The Kier molecular flexibility index (Phi) is 2.59. The summed E-state index contributed by atoms with van der Waals surface area (Å²) in [6.07, 6.45) is -0.661. The fourth-order valence-electron chi connectivity index (χ4n) is 2.29. The maximum Gasteiger partial charge on any atom is 0.314 e. The molecular weight excluding hydrogens is 226 g/mol. The summed E-state index contributed by atoms with van der Waals surface area (Å²) >= 11 is 0. The van der Waals surface area contributed by atoms with Crippen molar-refractivity contribution in [2.45, 2.75) is 24.4 Å². The van der Waals surface area contributed by atoms with Crippen LogP contribution in [-0.4, -0.2) is 27.2 Å². The van der Waals surface area contributed by atoms with Gasteiger partial charge in [-0.05, 0) is 12.8 Å². The Morgan fingerprint density at radius 2 is 2.00 bits per heavy atom. The minimum atomic E-state index is -1.32. The minimum absolute atomic E-state index is 0.0210. The predicted molar refractivity (Wildman–Crippen MR) is 57.7 cm³/mol. The van der Waals surface area contributed by atoms with Gasteiger partial charge in [-0.2, -0.15) is 0 Å². The van der Waals surface area contributed by atoms with Crippen molar-refractivity contribution in [3.8, 4) is 0 Å². The number of para-hydroxylation sites is 1. The third-order valence-electron chi connectivity index (χ3n) is 3.19. The molecule has 0 unspecified atom stereocenters. The first-order chi connectivity index (χ1) is 7.97. The Morgan fingerprint density at radius 1 is 1.41 bits per heavy atom. The van der Waals surface area contributed by atoms with Crippen molar-refractivity contribution < 1.29 is 19.9 Å². The largest absolute Gasteiger partial charge is 0.481 e. The van der Waals surface area contributed by atoms with Crippen LogP contribution in [0.5, 0.6) is 0 Å². The molecule has 0 heterocycles. The molecule has 17 heavy (non-hydrogen) atoms. The fourth-order valence-corrected chi connectivity index (χ4v) is 2.29. The number of aliphatic hydroxyl groups is 1. The van der Waals surface area contributed by atoms with Crippen LogP contribution in [0.25, 0.3) is 0 Å². The molecule has 0 amide bonds. The van der Waals surface area contributed by atoms with Crippen LogP contribution < -0.4 is 0 Å². The van der Waals surface area contributed by atoms with Crippen LogP contribution in [0.4, 0.5) is 5.69 Å². The summed E-state index contributed by atoms with van der Waals surface area (Å²) in [5.41, 5.74) is -1.35. The molecule has 0 aromatic heterocycles. The molecule has 1 fully saturated rings. The minimum Gasteiger partial charge on any atom is -0.481 e. The van der Waals surface area contributed by atoms with Gasteiger partial charge < -0.3 is 10.2 Å². The Balaban J connectivity index is 2.52. The number of carbonyl (C=O) groups is 1. The maximum absolute atomic E-state index is 11.3. The van der Waals surface area contributed by atoms with E-state index in [-0.39, 0.29) is 24.1 Å². The molecule has 1 aromatic carbocycles. The molecule has 2 N–H and O–H groups in total. The summed E-state index contributed by atoms with van der Waals surface area (Å²) in [6, 6.07) is 5.78. The van der Waals surface area contributed by atoms with Crippen molar-refractivity contribution in [3.05, 3.63) is 39.9 Å². The molecule has 2 rings (SSSR count). The first-order valence-electron chi connectivity index (χ1n) is 5.13. The van der Waals surface area contributed by atoms with Gasteiger partial charge in [-0.1, -0.05) is 18.2 Å². The lowest BCUT2D eigenvalue weighted by molar-refractivity contribution is -0.386. The van der Waals surface area contributed by atoms with E-state index < -0.39 is 22.4 Å². The van der Waals surface area contributed by atoms with Crippen LogP contribution in [0.3, 0.4) is 0 Å². The lowest BCUT2D eigenvalue weighted by Gasteiger charge is -2.41. The average Bonchev–Trinajstić information content (AvgIpc) is 2.24. The first kappa shape index (κ1) is 11.5. The lowest BCUT2D eigenvalue weighted by Crippen LogP contribution is -2.50. The Morgan fingerprint density at radius 3 is 2.47 bits per heavy atom. The van der Waals surface area contributed by atoms with Crippen LogP contribution in [0.15, 0.2) is 24.3 Å². The highest BCUT2D eigenvalue weighted by molar-refractivity contribution is 5.84. The van der Waals surface area contributed by atoms with Gasteiger partial charge in [0.1, 0.15) is 5.41 Å². The van der Waals surface area contributed by atoms with Crippen molar-refractivity contribution >= 4 is 11.7 Å². The number of nitro groups is 1. The zero-order valence-electron chi connectivity index (χ0n) is 8.87. The van der Waals surface area contributed by atoms with Gasteiger partial charge in [-0.3, -0.25) is 14.9 Å². The zero-order chi connectivity index (χ0) is 12.6. The van der Waals surface area contributed by atoms with Gasteiger partial charge in [-0.15, -0.1) is 0 Å². The molecule has 1 aliphatic carbocycles. The predicted octanol–water partition coefficient (Wildman–Crippen LogP) is 1.07. The molecule has 0 spiro atoms. The number of benzene rings is 1. The highest BCUT2D eigenvalue weighted by Crippen LogP contribution is 2.47. The van der Waals surface area contributed by atoms with Gasteiger partial charge >= 0.3 is 5.97 Å². The van der Waals surface area contributed by atoms with Gasteiger partial charge in [0.15, 0.2) is 0 Å². The standard InChI is InChI=1S/C11H11NO5/c13-7-5-11(6-7,10(14)15)8-3-1-2-4-9(8)12(16)17/h1-4,7,13H,5-6H2,(H,14,15). The molecule has 1 aromatic rings. The smallest absolute Gasteiger partial charge is 0.314 e. The molecule has 0 bridgehead atoms. The topological polar surface area (TPSA) is 101 Å². The number of hydrogen-bond donors (Lipinski definition) is 2. The van der Waals surface area contributed by atoms with Crippen LogP contribution in [0, 0.1) is 10.1 Å². The van der Waals surface area contributed by atoms with E-state index in [4.69, 9.17) is 0 Å². The highest BCUT2D eigenvalue weighted by Gasteiger charge is 2.54. The second-order valence-electron chi connectivity index (χ2n) is 4.22. The number of aliphatic hydroxyl groups excluding tert-OH is 1. The van der Waals surface area contributed by atoms with Gasteiger partial charge in [0.25, 0.3) is 5.69 Å². The van der Waals surface area contributed by atoms with E-state index in [1.165, 1.54) is 18.2 Å². The van der Waals surface area contributed by atoms with E-state index in [0.717, 1.165) is 0 Å². The molecular formula is C11H11NO5. The maximum atomic E-state index is 11.3. The summed E-state index contributed by atoms with van der Waals surface area (Å²) in [5.74, 6) is -1.13. The van der Waals surface area contributed by atoms with Crippen molar-refractivity contribution in [3.63, 3.8) is 0 Å². The van der Waals surface area contributed by atoms with Crippen molar-refractivity contribution in [2.24, 2.45) is 0 Å². The van der Waals surface area contributed by atoms with E-state index in [2.05, 4.69) is 0 Å². The Bertz CT molecular complexity index is 479. The molecule has 0 aliphatic heterocycles. The summed E-state index contributed by atoms with van der Waals surface area (Å²) in [6.45, 7) is 0. The number of carboxylic acid groups (broad SMARTS) is 1. The molecule has 6 heteroatoms. The monoisotopic (exact) mass is 237 g/mol. The first-order valence-corrected chi connectivity index (χ1v) is 5.13. The number of hydrogen-bond acceptors (Lipinski definition) is 4. The second-order valence-corrected chi connectivity index (χ2v) is 4.22. The van der Waals surface area contributed by atoms with Crippen LogP contribution in [-0.2, 0) is 10.2 Å². The SMILES string of the molecule is O=C(O)C1(c2ccccc2[N+](=O)[O-])CC(O)C1. The molecule has 1 saturated carbocycles. The zero-order valence-corrected chi connectivity index (χ0v) is 8.87. The van der Waals surface area contributed by atoms with Gasteiger partial charge in [0.05, 0.1) is 11.0 Å². The summed E-state index contributed by atoms with van der Waals surface area (Å²) in [7, 11) is 0. The van der Waals surface area contributed by atoms with E-state index in [9.17, 15) is 25.1 Å². The number of aliphatic carboxylic acids is 1. The molecule has 1 aliphatic rings.